The summed E-state index contributed by atoms with van der Waals surface area (Å²) in [5.41, 5.74) is 0. The molecule has 0 saturated heterocycles. The van der Waals surface area contributed by atoms with Crippen LogP contribution in [0.1, 0.15) is 20.8 Å². The lowest BCUT2D eigenvalue weighted by molar-refractivity contribution is -0.145. The van der Waals surface area contributed by atoms with Gasteiger partial charge < -0.3 is 9.84 Å². The standard InChI is InChI=1S/C10H16N4O4/c1-4-18-10-12-9(13-14-10)11-7(15)5(2)6(3)8(16)17/h5-6H,4H2,1-3H3,(H,16,17)(H2,11,12,13,14,15). The van der Waals surface area contributed by atoms with E-state index >= 15 is 0 Å². The lowest BCUT2D eigenvalue weighted by Crippen LogP contribution is -2.30. The summed E-state index contributed by atoms with van der Waals surface area (Å²) >= 11 is 0. The fourth-order valence-electron chi connectivity index (χ4n) is 1.17. The Balaban J connectivity index is 2.60. The molecule has 2 atom stereocenters. The number of carboxylic acid groups (broad SMARTS) is 1. The monoisotopic (exact) mass is 256 g/mol. The zero-order valence-corrected chi connectivity index (χ0v) is 10.4. The minimum Gasteiger partial charge on any atom is -0.481 e. The third-order valence-corrected chi connectivity index (χ3v) is 2.53. The second-order valence-corrected chi connectivity index (χ2v) is 3.80. The summed E-state index contributed by atoms with van der Waals surface area (Å²) in [5, 5.41) is 17.4. The number of aromatic nitrogens is 3. The second kappa shape index (κ2) is 5.99. The summed E-state index contributed by atoms with van der Waals surface area (Å²) in [7, 11) is 0. The van der Waals surface area contributed by atoms with Crippen LogP contribution in [-0.4, -0.2) is 38.8 Å². The maximum atomic E-state index is 11.7. The molecule has 1 aromatic rings. The number of nitrogens with zero attached hydrogens (tertiary/aromatic N) is 2. The van der Waals surface area contributed by atoms with Crippen LogP contribution in [0.5, 0.6) is 6.01 Å². The van der Waals surface area contributed by atoms with E-state index in [9.17, 15) is 9.59 Å². The topological polar surface area (TPSA) is 117 Å². The molecule has 0 bridgehead atoms. The van der Waals surface area contributed by atoms with Crippen molar-refractivity contribution in [1.82, 2.24) is 15.2 Å². The van der Waals surface area contributed by atoms with E-state index in [2.05, 4.69) is 20.5 Å². The normalized spacial score (nSPS) is 13.7. The van der Waals surface area contributed by atoms with E-state index < -0.39 is 23.7 Å². The van der Waals surface area contributed by atoms with Crippen molar-refractivity contribution in [3.05, 3.63) is 0 Å². The van der Waals surface area contributed by atoms with Gasteiger partial charge in [0, 0.05) is 5.92 Å². The first kappa shape index (κ1) is 13.9. The fraction of sp³-hybridized carbons (Fsp3) is 0.600. The van der Waals surface area contributed by atoms with Gasteiger partial charge in [0.2, 0.25) is 11.9 Å². The third kappa shape index (κ3) is 3.44. The smallest absolute Gasteiger partial charge is 0.337 e. The number of carboxylic acids is 1. The molecule has 0 fully saturated rings. The number of rotatable bonds is 6. The molecule has 18 heavy (non-hydrogen) atoms. The largest absolute Gasteiger partial charge is 0.481 e. The van der Waals surface area contributed by atoms with E-state index in [0.717, 1.165) is 0 Å². The number of ether oxygens (including phenoxy) is 1. The number of nitrogens with one attached hydrogen (secondary N) is 2. The summed E-state index contributed by atoms with van der Waals surface area (Å²) in [6, 6.07) is 0.131. The Kier molecular flexibility index (Phi) is 4.64. The van der Waals surface area contributed by atoms with E-state index in [4.69, 9.17) is 9.84 Å². The van der Waals surface area contributed by atoms with Crippen LogP contribution >= 0.6 is 0 Å². The molecule has 100 valence electrons. The van der Waals surface area contributed by atoms with Gasteiger partial charge in [0.05, 0.1) is 12.5 Å². The second-order valence-electron chi connectivity index (χ2n) is 3.80. The van der Waals surface area contributed by atoms with Crippen LogP contribution in [0.15, 0.2) is 0 Å². The maximum absolute atomic E-state index is 11.7. The fourth-order valence-corrected chi connectivity index (χ4v) is 1.17. The van der Waals surface area contributed by atoms with E-state index in [1.54, 1.807) is 6.92 Å². The van der Waals surface area contributed by atoms with Crippen molar-refractivity contribution in [3.8, 4) is 6.01 Å². The van der Waals surface area contributed by atoms with Gasteiger partial charge in [-0.2, -0.15) is 4.98 Å². The quantitative estimate of drug-likeness (QED) is 0.682. The van der Waals surface area contributed by atoms with Gasteiger partial charge in [0.25, 0.3) is 0 Å². The van der Waals surface area contributed by atoms with Crippen molar-refractivity contribution >= 4 is 17.8 Å². The highest BCUT2D eigenvalue weighted by Gasteiger charge is 2.26. The lowest BCUT2D eigenvalue weighted by atomic mass is 9.95. The minimum atomic E-state index is -1.02. The summed E-state index contributed by atoms with van der Waals surface area (Å²) in [5.74, 6) is -2.79. The molecule has 0 aliphatic rings. The van der Waals surface area contributed by atoms with Crippen molar-refractivity contribution in [1.29, 1.82) is 0 Å². The summed E-state index contributed by atoms with van der Waals surface area (Å²) in [6.07, 6.45) is 0. The Hall–Kier alpha value is -2.12. The van der Waals surface area contributed by atoms with Crippen LogP contribution in [0.4, 0.5) is 5.95 Å². The zero-order valence-electron chi connectivity index (χ0n) is 10.4. The Labute approximate surface area is 104 Å². The predicted molar refractivity (Wildman–Crippen MR) is 62.1 cm³/mol. The van der Waals surface area contributed by atoms with Crippen LogP contribution in [0.3, 0.4) is 0 Å². The Morgan fingerprint density at radius 2 is 2.11 bits per heavy atom. The molecule has 1 rings (SSSR count). The molecule has 0 saturated carbocycles. The molecule has 1 amide bonds. The van der Waals surface area contributed by atoms with E-state index in [1.807, 2.05) is 0 Å². The number of hydrogen-bond donors (Lipinski definition) is 3. The first-order valence-corrected chi connectivity index (χ1v) is 5.54. The number of aliphatic carboxylic acids is 1. The van der Waals surface area contributed by atoms with Crippen LogP contribution in [0, 0.1) is 11.8 Å². The SMILES string of the molecule is CCOc1n[nH]c(NC(=O)C(C)C(C)C(=O)O)n1. The molecule has 0 aliphatic heterocycles. The Morgan fingerprint density at radius 3 is 2.67 bits per heavy atom. The average molecular weight is 256 g/mol. The summed E-state index contributed by atoms with van der Waals surface area (Å²) in [4.78, 5) is 26.3. The van der Waals surface area contributed by atoms with Gasteiger partial charge in [-0.1, -0.05) is 13.8 Å². The number of H-pyrrole nitrogens is 1. The van der Waals surface area contributed by atoms with Gasteiger partial charge in [-0.15, -0.1) is 5.10 Å². The molecule has 0 spiro atoms. The highest BCUT2D eigenvalue weighted by atomic mass is 16.5. The first-order chi connectivity index (χ1) is 8.45. The summed E-state index contributed by atoms with van der Waals surface area (Å²) in [6.45, 7) is 5.20. The van der Waals surface area contributed by atoms with Crippen molar-refractivity contribution in [2.75, 3.05) is 11.9 Å². The zero-order chi connectivity index (χ0) is 13.7. The van der Waals surface area contributed by atoms with Crippen molar-refractivity contribution in [2.24, 2.45) is 11.8 Å². The minimum absolute atomic E-state index is 0.131. The number of carbonyl (C=O) groups is 2. The number of aromatic amines is 1. The average Bonchev–Trinajstić information content (AvgIpc) is 2.75. The van der Waals surface area contributed by atoms with Crippen LogP contribution in [0.2, 0.25) is 0 Å². The molecular weight excluding hydrogens is 240 g/mol. The van der Waals surface area contributed by atoms with Crippen LogP contribution in [0.25, 0.3) is 0 Å². The third-order valence-electron chi connectivity index (χ3n) is 2.53. The maximum Gasteiger partial charge on any atom is 0.337 e. The van der Waals surface area contributed by atoms with Crippen molar-refractivity contribution < 1.29 is 19.4 Å². The Bertz CT molecular complexity index is 431. The molecule has 3 N–H and O–H groups in total. The van der Waals surface area contributed by atoms with Crippen LogP contribution in [-0.2, 0) is 9.59 Å². The molecule has 0 aromatic carbocycles. The molecule has 8 nitrogen and oxygen atoms in total. The number of hydrogen-bond acceptors (Lipinski definition) is 5. The highest BCUT2D eigenvalue weighted by Crippen LogP contribution is 2.14. The van der Waals surface area contributed by atoms with Crippen molar-refractivity contribution in [3.63, 3.8) is 0 Å². The molecule has 2 unspecified atom stereocenters. The van der Waals surface area contributed by atoms with Gasteiger partial charge in [0.15, 0.2) is 0 Å². The van der Waals surface area contributed by atoms with E-state index in [-0.39, 0.29) is 12.0 Å². The number of amides is 1. The van der Waals surface area contributed by atoms with Gasteiger partial charge in [-0.25, -0.2) is 5.10 Å². The number of carbonyl (C=O) groups excluding carboxylic acids is 1. The van der Waals surface area contributed by atoms with Gasteiger partial charge in [-0.05, 0) is 6.92 Å². The van der Waals surface area contributed by atoms with Crippen LogP contribution < -0.4 is 10.1 Å². The van der Waals surface area contributed by atoms with Gasteiger partial charge in [0.1, 0.15) is 0 Å². The molecular formula is C10H16N4O4. The first-order valence-electron chi connectivity index (χ1n) is 5.54. The summed E-state index contributed by atoms with van der Waals surface area (Å²) < 4.78 is 5.02. The van der Waals surface area contributed by atoms with E-state index in [1.165, 1.54) is 13.8 Å². The van der Waals surface area contributed by atoms with Gasteiger partial charge >= 0.3 is 12.0 Å². The Morgan fingerprint density at radius 1 is 1.44 bits per heavy atom. The lowest BCUT2D eigenvalue weighted by Gasteiger charge is -2.14. The molecule has 8 heteroatoms. The van der Waals surface area contributed by atoms with E-state index in [0.29, 0.717) is 6.61 Å². The molecule has 1 heterocycles. The van der Waals surface area contributed by atoms with Gasteiger partial charge in [-0.3, -0.25) is 14.9 Å². The highest BCUT2D eigenvalue weighted by molar-refractivity contribution is 5.93. The molecule has 0 aliphatic carbocycles. The van der Waals surface area contributed by atoms with Crippen molar-refractivity contribution in [2.45, 2.75) is 20.8 Å². The molecule has 0 radical (unpaired) electrons. The number of anilines is 1. The predicted octanol–water partition coefficient (Wildman–Crippen LogP) is 0.499. The molecule has 1 aromatic heterocycles.